The summed E-state index contributed by atoms with van der Waals surface area (Å²) >= 11 is 0. The Labute approximate surface area is 123 Å². The van der Waals surface area contributed by atoms with Gasteiger partial charge in [-0.3, -0.25) is 0 Å². The minimum Gasteiger partial charge on any atom is -0.395 e. The molecule has 3 heteroatoms. The maximum absolute atomic E-state index is 9.35. The number of nitrogens with zero attached hydrogens (tertiary/aromatic N) is 1. The number of aliphatic hydroxyl groups is 1. The predicted octanol–water partition coefficient (Wildman–Crippen LogP) is 3.10. The lowest BCUT2D eigenvalue weighted by Crippen LogP contribution is -2.31. The first kappa shape index (κ1) is 15.3. The summed E-state index contributed by atoms with van der Waals surface area (Å²) in [5, 5.41) is 13.0. The van der Waals surface area contributed by atoms with E-state index in [0.29, 0.717) is 12.1 Å². The fourth-order valence-electron chi connectivity index (χ4n) is 2.83. The lowest BCUT2D eigenvalue weighted by atomic mass is 10.0. The maximum atomic E-state index is 9.35. The van der Waals surface area contributed by atoms with E-state index in [4.69, 9.17) is 0 Å². The Morgan fingerprint density at radius 3 is 2.65 bits per heavy atom. The van der Waals surface area contributed by atoms with Crippen molar-refractivity contribution in [3.8, 4) is 0 Å². The topological polar surface area (TPSA) is 35.5 Å². The number of benzene rings is 1. The van der Waals surface area contributed by atoms with E-state index in [1.807, 2.05) is 0 Å². The van der Waals surface area contributed by atoms with Gasteiger partial charge in [-0.05, 0) is 43.9 Å². The van der Waals surface area contributed by atoms with E-state index < -0.39 is 0 Å². The lowest BCUT2D eigenvalue weighted by Gasteiger charge is -2.29. The van der Waals surface area contributed by atoms with Crippen LogP contribution in [0.2, 0.25) is 0 Å². The summed E-state index contributed by atoms with van der Waals surface area (Å²) in [6, 6.07) is 9.72. The van der Waals surface area contributed by atoms with E-state index in [1.165, 1.54) is 24.1 Å². The van der Waals surface area contributed by atoms with Crippen LogP contribution in [0.3, 0.4) is 0 Å². The molecule has 112 valence electrons. The van der Waals surface area contributed by atoms with E-state index in [2.05, 4.69) is 48.3 Å². The van der Waals surface area contributed by atoms with Crippen molar-refractivity contribution < 1.29 is 5.11 Å². The van der Waals surface area contributed by atoms with Crippen LogP contribution in [0.15, 0.2) is 24.3 Å². The Morgan fingerprint density at radius 2 is 2.05 bits per heavy atom. The highest BCUT2D eigenvalue weighted by Gasteiger charge is 2.30. The number of aliphatic hydroxyl groups excluding tert-OH is 1. The van der Waals surface area contributed by atoms with Crippen molar-refractivity contribution in [1.82, 2.24) is 5.32 Å². The van der Waals surface area contributed by atoms with Gasteiger partial charge in [0.1, 0.15) is 0 Å². The third-order valence-electron chi connectivity index (χ3n) is 4.00. The van der Waals surface area contributed by atoms with Gasteiger partial charge < -0.3 is 15.3 Å². The van der Waals surface area contributed by atoms with Gasteiger partial charge in [0.05, 0.1) is 6.61 Å². The van der Waals surface area contributed by atoms with E-state index in [9.17, 15) is 5.11 Å². The van der Waals surface area contributed by atoms with Crippen LogP contribution >= 0.6 is 0 Å². The highest BCUT2D eigenvalue weighted by atomic mass is 16.3. The van der Waals surface area contributed by atoms with Crippen LogP contribution in [0.4, 0.5) is 5.69 Å². The van der Waals surface area contributed by atoms with Crippen molar-refractivity contribution in [2.75, 3.05) is 24.6 Å². The van der Waals surface area contributed by atoms with Gasteiger partial charge in [0, 0.05) is 24.3 Å². The Balaban J connectivity index is 2.22. The molecule has 0 bridgehead atoms. The highest BCUT2D eigenvalue weighted by Crippen LogP contribution is 2.36. The lowest BCUT2D eigenvalue weighted by molar-refractivity contribution is 0.301. The van der Waals surface area contributed by atoms with Crippen LogP contribution < -0.4 is 10.2 Å². The van der Waals surface area contributed by atoms with Crippen molar-refractivity contribution in [3.05, 3.63) is 29.8 Å². The molecule has 0 heterocycles. The molecule has 0 amide bonds. The first-order chi connectivity index (χ1) is 9.81. The minimum absolute atomic E-state index is 0.226. The van der Waals surface area contributed by atoms with Crippen LogP contribution in [0.25, 0.3) is 0 Å². The van der Waals surface area contributed by atoms with Gasteiger partial charge >= 0.3 is 0 Å². The number of para-hydroxylation sites is 1. The maximum Gasteiger partial charge on any atom is 0.0606 e. The normalized spacial score (nSPS) is 16.1. The summed E-state index contributed by atoms with van der Waals surface area (Å²) in [5.74, 6) is 0. The quantitative estimate of drug-likeness (QED) is 0.727. The Bertz CT molecular complexity index is 404. The third kappa shape index (κ3) is 3.74. The zero-order chi connectivity index (χ0) is 14.4. The van der Waals surface area contributed by atoms with Crippen LogP contribution in [0.1, 0.15) is 51.1 Å². The summed E-state index contributed by atoms with van der Waals surface area (Å²) in [4.78, 5) is 2.39. The molecule has 3 nitrogen and oxygen atoms in total. The number of hydrogen-bond acceptors (Lipinski definition) is 3. The second kappa shape index (κ2) is 7.65. The number of rotatable bonds is 9. The number of hydrogen-bond donors (Lipinski definition) is 2. The van der Waals surface area contributed by atoms with Crippen LogP contribution in [-0.2, 0) is 0 Å². The molecule has 0 aromatic heterocycles. The Morgan fingerprint density at radius 1 is 1.30 bits per heavy atom. The molecule has 1 atom stereocenters. The molecule has 1 aliphatic carbocycles. The van der Waals surface area contributed by atoms with Crippen molar-refractivity contribution in [2.24, 2.45) is 0 Å². The smallest absolute Gasteiger partial charge is 0.0606 e. The van der Waals surface area contributed by atoms with Crippen LogP contribution in [0, 0.1) is 0 Å². The van der Waals surface area contributed by atoms with Crippen molar-refractivity contribution in [3.63, 3.8) is 0 Å². The molecular formula is C17H28N2O. The zero-order valence-electron chi connectivity index (χ0n) is 12.8. The molecule has 1 aromatic carbocycles. The van der Waals surface area contributed by atoms with Crippen LogP contribution in [0.5, 0.6) is 0 Å². The summed E-state index contributed by atoms with van der Waals surface area (Å²) in [7, 11) is 0. The monoisotopic (exact) mass is 276 g/mol. The molecule has 0 saturated heterocycles. The van der Waals surface area contributed by atoms with Gasteiger partial charge in [0.25, 0.3) is 0 Å². The Kier molecular flexibility index (Phi) is 5.86. The molecule has 0 radical (unpaired) electrons. The van der Waals surface area contributed by atoms with Crippen LogP contribution in [-0.4, -0.2) is 30.8 Å². The molecule has 1 fully saturated rings. The molecule has 2 N–H and O–H groups in total. The van der Waals surface area contributed by atoms with Gasteiger partial charge in [-0.2, -0.15) is 0 Å². The summed E-state index contributed by atoms with van der Waals surface area (Å²) in [5.41, 5.74) is 2.68. The molecule has 0 aliphatic heterocycles. The Hall–Kier alpha value is -1.06. The minimum atomic E-state index is 0.226. The SMILES string of the molecule is CCCNC(CC)c1ccccc1N(CCO)C1CC1. The molecule has 1 saturated carbocycles. The average Bonchev–Trinajstić information content (AvgIpc) is 3.31. The summed E-state index contributed by atoms with van der Waals surface area (Å²) in [6.45, 7) is 6.46. The van der Waals surface area contributed by atoms with Crippen molar-refractivity contribution in [2.45, 2.75) is 51.6 Å². The highest BCUT2D eigenvalue weighted by molar-refractivity contribution is 5.56. The second-order valence-corrected chi connectivity index (χ2v) is 5.62. The van der Waals surface area contributed by atoms with Gasteiger partial charge in [-0.15, -0.1) is 0 Å². The van der Waals surface area contributed by atoms with E-state index in [0.717, 1.165) is 25.9 Å². The zero-order valence-corrected chi connectivity index (χ0v) is 12.8. The summed E-state index contributed by atoms with van der Waals surface area (Å²) in [6.07, 6.45) is 4.76. The number of nitrogens with one attached hydrogen (secondary N) is 1. The van der Waals surface area contributed by atoms with E-state index in [1.54, 1.807) is 0 Å². The molecule has 1 aromatic rings. The number of anilines is 1. The molecular weight excluding hydrogens is 248 g/mol. The standard InChI is InChI=1S/C17H28N2O/c1-3-11-18-16(4-2)15-7-5-6-8-17(15)19(12-13-20)14-9-10-14/h5-8,14,16,18,20H,3-4,9-13H2,1-2H3. The van der Waals surface area contributed by atoms with Gasteiger partial charge in [-0.25, -0.2) is 0 Å². The summed E-state index contributed by atoms with van der Waals surface area (Å²) < 4.78 is 0. The first-order valence-electron chi connectivity index (χ1n) is 8.01. The van der Waals surface area contributed by atoms with Crippen molar-refractivity contribution in [1.29, 1.82) is 0 Å². The van der Waals surface area contributed by atoms with E-state index >= 15 is 0 Å². The third-order valence-corrected chi connectivity index (χ3v) is 4.00. The first-order valence-corrected chi connectivity index (χ1v) is 8.01. The van der Waals surface area contributed by atoms with Gasteiger partial charge in [0.15, 0.2) is 0 Å². The second-order valence-electron chi connectivity index (χ2n) is 5.62. The molecule has 0 spiro atoms. The largest absolute Gasteiger partial charge is 0.395 e. The van der Waals surface area contributed by atoms with Crippen molar-refractivity contribution >= 4 is 5.69 Å². The fourth-order valence-corrected chi connectivity index (χ4v) is 2.83. The fraction of sp³-hybridized carbons (Fsp3) is 0.647. The molecule has 2 rings (SSSR count). The average molecular weight is 276 g/mol. The predicted molar refractivity (Wildman–Crippen MR) is 85.2 cm³/mol. The molecule has 1 aliphatic rings. The van der Waals surface area contributed by atoms with Gasteiger partial charge in [0.2, 0.25) is 0 Å². The molecule has 1 unspecified atom stereocenters. The van der Waals surface area contributed by atoms with Gasteiger partial charge in [-0.1, -0.05) is 32.0 Å². The molecule has 20 heavy (non-hydrogen) atoms. The van der Waals surface area contributed by atoms with E-state index in [-0.39, 0.29) is 6.61 Å².